The third-order valence-electron chi connectivity index (χ3n) is 3.42. The Balaban J connectivity index is 1.99. The summed E-state index contributed by atoms with van der Waals surface area (Å²) in [6.45, 7) is 2.23. The van der Waals surface area contributed by atoms with Crippen LogP contribution in [-0.2, 0) is 0 Å². The van der Waals surface area contributed by atoms with Gasteiger partial charge in [0.2, 0.25) is 0 Å². The molecule has 0 aromatic heterocycles. The lowest BCUT2D eigenvalue weighted by Gasteiger charge is -2.33. The molecule has 2 heterocycles. The van der Waals surface area contributed by atoms with E-state index in [2.05, 4.69) is 10.6 Å². The number of hydrogen-bond acceptors (Lipinski definition) is 2. The molecule has 2 fully saturated rings. The minimum atomic E-state index is -4.08. The first-order chi connectivity index (χ1) is 6.52. The van der Waals surface area contributed by atoms with Gasteiger partial charge in [0.15, 0.2) is 0 Å². The number of hydrogen-bond donors (Lipinski definition) is 2. The van der Waals surface area contributed by atoms with Crippen molar-refractivity contribution in [3.8, 4) is 0 Å². The molecule has 14 heavy (non-hydrogen) atoms. The molecule has 0 aromatic rings. The van der Waals surface area contributed by atoms with Gasteiger partial charge in [0.05, 0.1) is 0 Å². The second-order valence-corrected chi connectivity index (χ2v) is 4.43. The number of rotatable bonds is 0. The highest BCUT2D eigenvalue weighted by molar-refractivity contribution is 4.98. The Hall–Kier alpha value is -0.290. The van der Waals surface area contributed by atoms with Gasteiger partial charge in [-0.25, -0.2) is 0 Å². The normalized spacial score (nSPS) is 32.4. The van der Waals surface area contributed by atoms with E-state index >= 15 is 0 Å². The molecule has 0 amide bonds. The maximum absolute atomic E-state index is 12.4. The molecule has 0 unspecified atom stereocenters. The Kier molecular flexibility index (Phi) is 2.47. The van der Waals surface area contributed by atoms with Gasteiger partial charge in [0.25, 0.3) is 0 Å². The van der Waals surface area contributed by atoms with E-state index in [4.69, 9.17) is 0 Å². The number of nitrogens with one attached hydrogen (secondary N) is 2. The van der Waals surface area contributed by atoms with Crippen LogP contribution in [0.15, 0.2) is 0 Å². The second-order valence-electron chi connectivity index (χ2n) is 4.43. The summed E-state index contributed by atoms with van der Waals surface area (Å²) < 4.78 is 37.3. The summed E-state index contributed by atoms with van der Waals surface area (Å²) in [6.07, 6.45) is -2.08. The minimum Gasteiger partial charge on any atom is -0.317 e. The molecule has 0 aromatic carbocycles. The molecule has 2 rings (SSSR count). The topological polar surface area (TPSA) is 24.1 Å². The lowest BCUT2D eigenvalue weighted by atomic mass is 9.77. The zero-order valence-electron chi connectivity index (χ0n) is 7.95. The molecular formula is C9H15F3N2. The molecule has 0 aliphatic carbocycles. The predicted molar refractivity (Wildman–Crippen MR) is 47.0 cm³/mol. The lowest BCUT2D eigenvalue weighted by molar-refractivity contribution is -0.153. The van der Waals surface area contributed by atoms with Gasteiger partial charge in [-0.15, -0.1) is 0 Å². The van der Waals surface area contributed by atoms with Crippen LogP contribution in [0.25, 0.3) is 0 Å². The zero-order valence-corrected chi connectivity index (χ0v) is 7.95. The van der Waals surface area contributed by atoms with Crippen LogP contribution in [0.3, 0.4) is 0 Å². The van der Waals surface area contributed by atoms with Crippen LogP contribution in [0.1, 0.15) is 19.3 Å². The summed E-state index contributed by atoms with van der Waals surface area (Å²) in [7, 11) is 0. The van der Waals surface area contributed by atoms with Crippen molar-refractivity contribution < 1.29 is 13.2 Å². The molecule has 1 spiro atoms. The standard InChI is InChI=1S/C9H15F3N2/c10-9(11,12)7-5-8(6-14-7)1-3-13-4-2-8/h7,13-14H,1-6H2/t7-/m1/s1. The molecule has 2 nitrogen and oxygen atoms in total. The fourth-order valence-corrected chi connectivity index (χ4v) is 2.49. The molecule has 2 saturated heterocycles. The summed E-state index contributed by atoms with van der Waals surface area (Å²) in [5.74, 6) is 0. The number of alkyl halides is 3. The molecule has 5 heteroatoms. The van der Waals surface area contributed by atoms with Crippen LogP contribution < -0.4 is 10.6 Å². The summed E-state index contributed by atoms with van der Waals surface area (Å²) in [5, 5.41) is 5.78. The Morgan fingerprint density at radius 2 is 1.79 bits per heavy atom. The van der Waals surface area contributed by atoms with Crippen molar-refractivity contribution in [2.75, 3.05) is 19.6 Å². The maximum Gasteiger partial charge on any atom is 0.403 e. The highest BCUT2D eigenvalue weighted by atomic mass is 19.4. The van der Waals surface area contributed by atoms with Gasteiger partial charge in [0.1, 0.15) is 6.04 Å². The van der Waals surface area contributed by atoms with Crippen LogP contribution >= 0.6 is 0 Å². The van der Waals surface area contributed by atoms with E-state index in [-0.39, 0.29) is 11.8 Å². The van der Waals surface area contributed by atoms with Gasteiger partial charge in [-0.2, -0.15) is 13.2 Å². The van der Waals surface area contributed by atoms with Gasteiger partial charge >= 0.3 is 6.18 Å². The summed E-state index contributed by atoms with van der Waals surface area (Å²) in [4.78, 5) is 0. The molecule has 0 bridgehead atoms. The first-order valence-corrected chi connectivity index (χ1v) is 5.03. The fourth-order valence-electron chi connectivity index (χ4n) is 2.49. The van der Waals surface area contributed by atoms with Gasteiger partial charge in [-0.1, -0.05) is 0 Å². The lowest BCUT2D eigenvalue weighted by Crippen LogP contribution is -2.38. The van der Waals surface area contributed by atoms with Crippen LogP contribution in [0.2, 0.25) is 0 Å². The maximum atomic E-state index is 12.4. The highest BCUT2D eigenvalue weighted by Gasteiger charge is 2.50. The van der Waals surface area contributed by atoms with E-state index in [1.165, 1.54) is 0 Å². The summed E-state index contributed by atoms with van der Waals surface area (Å²) >= 11 is 0. The molecular weight excluding hydrogens is 193 g/mol. The van der Waals surface area contributed by atoms with Crippen LogP contribution in [0.5, 0.6) is 0 Å². The van der Waals surface area contributed by atoms with Crippen LogP contribution in [0.4, 0.5) is 13.2 Å². The van der Waals surface area contributed by atoms with Crippen molar-refractivity contribution in [1.82, 2.24) is 10.6 Å². The van der Waals surface area contributed by atoms with Crippen LogP contribution in [0, 0.1) is 5.41 Å². The van der Waals surface area contributed by atoms with Crippen molar-refractivity contribution >= 4 is 0 Å². The summed E-state index contributed by atoms with van der Waals surface area (Å²) in [6, 6.07) is -1.28. The van der Waals surface area contributed by atoms with Crippen molar-refractivity contribution in [1.29, 1.82) is 0 Å². The number of piperidine rings is 1. The van der Waals surface area contributed by atoms with Crippen molar-refractivity contribution in [2.45, 2.75) is 31.5 Å². The predicted octanol–water partition coefficient (Wildman–Crippen LogP) is 1.28. The number of halogens is 3. The van der Waals surface area contributed by atoms with Gasteiger partial charge in [0, 0.05) is 6.54 Å². The molecule has 0 saturated carbocycles. The zero-order chi connectivity index (χ0) is 10.2. The van der Waals surface area contributed by atoms with Gasteiger partial charge < -0.3 is 10.6 Å². The average molecular weight is 208 g/mol. The van der Waals surface area contributed by atoms with Crippen molar-refractivity contribution in [3.63, 3.8) is 0 Å². The molecule has 2 aliphatic heterocycles. The first-order valence-electron chi connectivity index (χ1n) is 5.03. The summed E-state index contributed by atoms with van der Waals surface area (Å²) in [5.41, 5.74) is -0.0918. The Morgan fingerprint density at radius 3 is 2.29 bits per heavy atom. The van der Waals surface area contributed by atoms with E-state index in [1.807, 2.05) is 0 Å². The first kappa shape index (κ1) is 10.2. The molecule has 2 N–H and O–H groups in total. The second kappa shape index (κ2) is 3.38. The molecule has 0 radical (unpaired) electrons. The monoisotopic (exact) mass is 208 g/mol. The fraction of sp³-hybridized carbons (Fsp3) is 1.00. The van der Waals surface area contributed by atoms with E-state index in [0.717, 1.165) is 25.9 Å². The van der Waals surface area contributed by atoms with Gasteiger partial charge in [-0.05, 0) is 37.8 Å². The highest BCUT2D eigenvalue weighted by Crippen LogP contribution is 2.41. The molecule has 1 atom stereocenters. The minimum absolute atomic E-state index is 0.0918. The third kappa shape index (κ3) is 1.88. The smallest absolute Gasteiger partial charge is 0.317 e. The van der Waals surface area contributed by atoms with Crippen LogP contribution in [-0.4, -0.2) is 31.9 Å². The Bertz CT molecular complexity index is 209. The Labute approximate surface area is 81.2 Å². The largest absolute Gasteiger partial charge is 0.403 e. The molecule has 82 valence electrons. The average Bonchev–Trinajstić information content (AvgIpc) is 2.50. The van der Waals surface area contributed by atoms with Gasteiger partial charge in [-0.3, -0.25) is 0 Å². The Morgan fingerprint density at radius 1 is 1.14 bits per heavy atom. The third-order valence-corrected chi connectivity index (χ3v) is 3.42. The van der Waals surface area contributed by atoms with E-state index in [9.17, 15) is 13.2 Å². The molecule has 2 aliphatic rings. The van der Waals surface area contributed by atoms with E-state index < -0.39 is 12.2 Å². The quantitative estimate of drug-likeness (QED) is 0.626. The van der Waals surface area contributed by atoms with Crippen molar-refractivity contribution in [2.24, 2.45) is 5.41 Å². The van der Waals surface area contributed by atoms with E-state index in [0.29, 0.717) is 6.54 Å². The SMILES string of the molecule is FC(F)(F)[C@H]1CC2(CCNCC2)CN1. The van der Waals surface area contributed by atoms with Crippen molar-refractivity contribution in [3.05, 3.63) is 0 Å². The van der Waals surface area contributed by atoms with E-state index in [1.54, 1.807) is 0 Å².